The SMILES string of the molecule is CN(C)NC(=O)CCC(=O)NN. The Kier molecular flexibility index (Phi) is 4.98. The van der Waals surface area contributed by atoms with Crippen LogP contribution in [0.1, 0.15) is 12.8 Å². The van der Waals surface area contributed by atoms with E-state index < -0.39 is 0 Å². The number of nitrogens with two attached hydrogens (primary N) is 1. The Hall–Kier alpha value is -1.14. The molecule has 0 aromatic carbocycles. The summed E-state index contributed by atoms with van der Waals surface area (Å²) in [6.07, 6.45) is 0.247. The van der Waals surface area contributed by atoms with E-state index in [-0.39, 0.29) is 24.7 Å². The molecule has 6 nitrogen and oxygen atoms in total. The number of hydrazine groups is 2. The Bertz CT molecular complexity index is 169. The third kappa shape index (κ3) is 5.63. The van der Waals surface area contributed by atoms with Crippen molar-refractivity contribution >= 4 is 11.8 Å². The molecule has 2 amide bonds. The normalized spacial score (nSPS) is 9.67. The van der Waals surface area contributed by atoms with Gasteiger partial charge in [-0.15, -0.1) is 0 Å². The molecule has 0 fully saturated rings. The third-order valence-electron chi connectivity index (χ3n) is 1.09. The van der Waals surface area contributed by atoms with Gasteiger partial charge < -0.3 is 0 Å². The molecule has 0 aliphatic heterocycles. The fourth-order valence-electron chi connectivity index (χ4n) is 0.605. The van der Waals surface area contributed by atoms with Crippen molar-refractivity contribution in [3.8, 4) is 0 Å². The van der Waals surface area contributed by atoms with Crippen LogP contribution in [0.3, 0.4) is 0 Å². The lowest BCUT2D eigenvalue weighted by Crippen LogP contribution is -2.37. The summed E-state index contributed by atoms with van der Waals surface area (Å²) in [6, 6.07) is 0. The second-order valence-corrected chi connectivity index (χ2v) is 2.50. The predicted octanol–water partition coefficient (Wildman–Crippen LogP) is -1.65. The first kappa shape index (κ1) is 10.9. The average Bonchev–Trinajstić information content (AvgIpc) is 1.99. The summed E-state index contributed by atoms with van der Waals surface area (Å²) < 4.78 is 0. The molecule has 0 bridgehead atoms. The highest BCUT2D eigenvalue weighted by atomic mass is 16.2. The highest BCUT2D eigenvalue weighted by Gasteiger charge is 2.05. The lowest BCUT2D eigenvalue weighted by Gasteiger charge is -2.10. The molecule has 0 unspecified atom stereocenters. The van der Waals surface area contributed by atoms with E-state index in [0.717, 1.165) is 0 Å². The maximum atomic E-state index is 10.9. The fraction of sp³-hybridized carbons (Fsp3) is 0.667. The van der Waals surface area contributed by atoms with Gasteiger partial charge in [-0.2, -0.15) is 0 Å². The fourth-order valence-corrected chi connectivity index (χ4v) is 0.605. The Morgan fingerprint density at radius 2 is 1.75 bits per heavy atom. The van der Waals surface area contributed by atoms with Crippen LogP contribution >= 0.6 is 0 Å². The Balaban J connectivity index is 3.51. The van der Waals surface area contributed by atoms with Crippen LogP contribution in [0.5, 0.6) is 0 Å². The van der Waals surface area contributed by atoms with Gasteiger partial charge in [-0.25, -0.2) is 10.9 Å². The standard InChI is InChI=1S/C6H14N4O2/c1-10(2)9-6(12)4-3-5(11)8-7/h3-4,7H2,1-2H3,(H,8,11)(H,9,12). The van der Waals surface area contributed by atoms with Crippen LogP contribution in [0.4, 0.5) is 0 Å². The number of nitrogens with one attached hydrogen (secondary N) is 2. The molecular weight excluding hydrogens is 160 g/mol. The van der Waals surface area contributed by atoms with Crippen molar-refractivity contribution in [2.45, 2.75) is 12.8 Å². The van der Waals surface area contributed by atoms with Crippen LogP contribution in [0.15, 0.2) is 0 Å². The molecule has 0 spiro atoms. The molecule has 0 atom stereocenters. The van der Waals surface area contributed by atoms with Gasteiger partial charge in [0.1, 0.15) is 0 Å². The summed E-state index contributed by atoms with van der Waals surface area (Å²) in [5.41, 5.74) is 4.44. The third-order valence-corrected chi connectivity index (χ3v) is 1.09. The number of carbonyl (C=O) groups excluding carboxylic acids is 2. The Morgan fingerprint density at radius 1 is 1.25 bits per heavy atom. The van der Waals surface area contributed by atoms with Crippen LogP contribution < -0.4 is 16.7 Å². The summed E-state index contributed by atoms with van der Waals surface area (Å²) in [7, 11) is 3.39. The van der Waals surface area contributed by atoms with Gasteiger partial charge in [-0.3, -0.25) is 20.4 Å². The number of rotatable bonds is 4. The number of nitrogens with zero attached hydrogens (tertiary/aromatic N) is 1. The zero-order chi connectivity index (χ0) is 9.56. The lowest BCUT2D eigenvalue weighted by atomic mass is 10.3. The summed E-state index contributed by atoms with van der Waals surface area (Å²) in [4.78, 5) is 21.5. The molecule has 4 N–H and O–H groups in total. The van der Waals surface area contributed by atoms with Crippen molar-refractivity contribution in [3.63, 3.8) is 0 Å². The van der Waals surface area contributed by atoms with Crippen LogP contribution in [0, 0.1) is 0 Å². The highest BCUT2D eigenvalue weighted by Crippen LogP contribution is 1.87. The molecule has 0 aliphatic rings. The van der Waals surface area contributed by atoms with Gasteiger partial charge in [0, 0.05) is 26.9 Å². The summed E-state index contributed by atoms with van der Waals surface area (Å²) in [6.45, 7) is 0. The van der Waals surface area contributed by atoms with Crippen molar-refractivity contribution in [2.24, 2.45) is 5.84 Å². The van der Waals surface area contributed by atoms with E-state index in [1.807, 2.05) is 5.43 Å². The van der Waals surface area contributed by atoms with Crippen LogP contribution in [0.25, 0.3) is 0 Å². The van der Waals surface area contributed by atoms with Crippen LogP contribution in [0.2, 0.25) is 0 Å². The Morgan fingerprint density at radius 3 is 2.17 bits per heavy atom. The molecule has 0 saturated heterocycles. The second kappa shape index (κ2) is 5.50. The first-order valence-corrected chi connectivity index (χ1v) is 3.52. The van der Waals surface area contributed by atoms with E-state index in [4.69, 9.17) is 5.84 Å². The zero-order valence-electron chi connectivity index (χ0n) is 7.26. The monoisotopic (exact) mass is 174 g/mol. The number of hydrogen-bond acceptors (Lipinski definition) is 4. The molecule has 0 heterocycles. The van der Waals surface area contributed by atoms with E-state index in [9.17, 15) is 9.59 Å². The number of hydrogen-bond donors (Lipinski definition) is 3. The van der Waals surface area contributed by atoms with Gasteiger partial charge in [-0.1, -0.05) is 0 Å². The average molecular weight is 174 g/mol. The maximum Gasteiger partial charge on any atom is 0.234 e. The molecule has 70 valence electrons. The molecule has 0 saturated carbocycles. The van der Waals surface area contributed by atoms with E-state index in [2.05, 4.69) is 5.43 Å². The summed E-state index contributed by atoms with van der Waals surface area (Å²) >= 11 is 0. The summed E-state index contributed by atoms with van der Waals surface area (Å²) in [5, 5.41) is 1.52. The van der Waals surface area contributed by atoms with Gasteiger partial charge in [0.2, 0.25) is 11.8 Å². The van der Waals surface area contributed by atoms with Crippen molar-refractivity contribution in [1.82, 2.24) is 15.9 Å². The minimum atomic E-state index is -0.344. The van der Waals surface area contributed by atoms with Crippen LogP contribution in [-0.2, 0) is 9.59 Å². The largest absolute Gasteiger partial charge is 0.294 e. The molecule has 12 heavy (non-hydrogen) atoms. The van der Waals surface area contributed by atoms with E-state index in [0.29, 0.717) is 0 Å². The molecule has 6 heteroatoms. The quantitative estimate of drug-likeness (QED) is 0.271. The molecule has 0 aliphatic carbocycles. The van der Waals surface area contributed by atoms with Crippen molar-refractivity contribution in [1.29, 1.82) is 0 Å². The van der Waals surface area contributed by atoms with Gasteiger partial charge in [-0.05, 0) is 0 Å². The predicted molar refractivity (Wildman–Crippen MR) is 43.4 cm³/mol. The maximum absolute atomic E-state index is 10.9. The molecular formula is C6H14N4O2. The molecule has 0 radical (unpaired) electrons. The minimum absolute atomic E-state index is 0.107. The van der Waals surface area contributed by atoms with E-state index >= 15 is 0 Å². The molecule has 0 aromatic rings. The number of amides is 2. The molecule has 0 aromatic heterocycles. The topological polar surface area (TPSA) is 87.5 Å². The van der Waals surface area contributed by atoms with Gasteiger partial charge in [0.25, 0.3) is 0 Å². The first-order valence-electron chi connectivity index (χ1n) is 3.52. The smallest absolute Gasteiger partial charge is 0.234 e. The zero-order valence-corrected chi connectivity index (χ0v) is 7.26. The first-order chi connectivity index (χ1) is 5.56. The van der Waals surface area contributed by atoms with Gasteiger partial charge in [0.15, 0.2) is 0 Å². The van der Waals surface area contributed by atoms with Gasteiger partial charge >= 0.3 is 0 Å². The lowest BCUT2D eigenvalue weighted by molar-refractivity contribution is -0.128. The summed E-state index contributed by atoms with van der Waals surface area (Å²) in [5.74, 6) is 4.27. The second-order valence-electron chi connectivity index (χ2n) is 2.50. The van der Waals surface area contributed by atoms with E-state index in [1.54, 1.807) is 14.1 Å². The van der Waals surface area contributed by atoms with E-state index in [1.165, 1.54) is 5.01 Å². The van der Waals surface area contributed by atoms with Crippen molar-refractivity contribution < 1.29 is 9.59 Å². The highest BCUT2D eigenvalue weighted by molar-refractivity contribution is 5.83. The van der Waals surface area contributed by atoms with Gasteiger partial charge in [0.05, 0.1) is 0 Å². The number of carbonyl (C=O) groups is 2. The van der Waals surface area contributed by atoms with Crippen molar-refractivity contribution in [2.75, 3.05) is 14.1 Å². The van der Waals surface area contributed by atoms with Crippen molar-refractivity contribution in [3.05, 3.63) is 0 Å². The Labute approximate surface area is 71.0 Å². The molecule has 0 rings (SSSR count). The van der Waals surface area contributed by atoms with Crippen LogP contribution in [-0.4, -0.2) is 30.9 Å². The minimum Gasteiger partial charge on any atom is -0.294 e.